The molecule has 0 N–H and O–H groups in total. The summed E-state index contributed by atoms with van der Waals surface area (Å²) in [5.41, 5.74) is 0. The van der Waals surface area contributed by atoms with Gasteiger partial charge in [-0.2, -0.15) is 0 Å². The van der Waals surface area contributed by atoms with E-state index in [0.29, 0.717) is 19.3 Å². The fourth-order valence-electron chi connectivity index (χ4n) is 8.94. The van der Waals surface area contributed by atoms with Crippen LogP contribution in [0.2, 0.25) is 0 Å². The number of allylic oxidation sites excluding steroid dienone is 6. The van der Waals surface area contributed by atoms with E-state index in [1.165, 1.54) is 218 Å². The van der Waals surface area contributed by atoms with Crippen LogP contribution in [0.25, 0.3) is 0 Å². The lowest BCUT2D eigenvalue weighted by Gasteiger charge is -2.18. The Bertz CT molecular complexity index is 1160. The number of esters is 3. The molecule has 0 bridgehead atoms. The predicted octanol–water partition coefficient (Wildman–Crippen LogP) is 20.4. The average Bonchev–Trinajstić information content (AvgIpc) is 3.35. The van der Waals surface area contributed by atoms with Gasteiger partial charge in [-0.1, -0.05) is 256 Å². The van der Waals surface area contributed by atoms with Crippen molar-refractivity contribution in [3.05, 3.63) is 36.5 Å². The number of rotatable bonds is 56. The Morgan fingerprint density at radius 1 is 0.275 bits per heavy atom. The summed E-state index contributed by atoms with van der Waals surface area (Å²) in [6, 6.07) is 0. The second-order valence-electron chi connectivity index (χ2n) is 20.6. The Hall–Kier alpha value is -2.37. The lowest BCUT2D eigenvalue weighted by Crippen LogP contribution is -2.30. The third-order valence-corrected chi connectivity index (χ3v) is 13.6. The number of unbranched alkanes of at least 4 members (excludes halogenated alkanes) is 39. The highest BCUT2D eigenvalue weighted by molar-refractivity contribution is 5.71. The third kappa shape index (κ3) is 56.4. The van der Waals surface area contributed by atoms with Gasteiger partial charge in [0, 0.05) is 19.3 Å². The second-order valence-corrected chi connectivity index (χ2v) is 20.6. The monoisotopic (exact) mass is 969 g/mol. The molecule has 69 heavy (non-hydrogen) atoms. The minimum atomic E-state index is -0.775. The first kappa shape index (κ1) is 66.6. The van der Waals surface area contributed by atoms with E-state index in [-0.39, 0.29) is 31.1 Å². The van der Waals surface area contributed by atoms with Crippen LogP contribution in [0, 0.1) is 0 Å². The molecule has 6 heteroatoms. The molecule has 6 nitrogen and oxygen atoms in total. The van der Waals surface area contributed by atoms with Gasteiger partial charge >= 0.3 is 17.9 Å². The number of carbonyl (C=O) groups excluding carboxylic acids is 3. The van der Waals surface area contributed by atoms with Crippen molar-refractivity contribution in [2.24, 2.45) is 0 Å². The molecule has 0 amide bonds. The van der Waals surface area contributed by atoms with E-state index >= 15 is 0 Å². The Labute approximate surface area is 429 Å². The predicted molar refractivity (Wildman–Crippen MR) is 298 cm³/mol. The van der Waals surface area contributed by atoms with Crippen LogP contribution < -0.4 is 0 Å². The molecule has 0 unspecified atom stereocenters. The molecule has 404 valence electrons. The highest BCUT2D eigenvalue weighted by atomic mass is 16.6. The molecule has 0 aromatic heterocycles. The molecule has 0 saturated heterocycles. The number of carbonyl (C=O) groups is 3. The zero-order valence-electron chi connectivity index (χ0n) is 46.3. The van der Waals surface area contributed by atoms with Crippen LogP contribution in [0.3, 0.4) is 0 Å². The fraction of sp³-hybridized carbons (Fsp3) is 0.857. The van der Waals surface area contributed by atoms with E-state index in [0.717, 1.165) is 70.6 Å². The van der Waals surface area contributed by atoms with Crippen molar-refractivity contribution in [3.63, 3.8) is 0 Å². The molecule has 0 aromatic carbocycles. The first-order valence-corrected chi connectivity index (χ1v) is 30.5. The van der Waals surface area contributed by atoms with Crippen LogP contribution in [-0.4, -0.2) is 37.2 Å². The zero-order chi connectivity index (χ0) is 50.0. The summed E-state index contributed by atoms with van der Waals surface area (Å²) in [5.74, 6) is -0.869. The fourth-order valence-corrected chi connectivity index (χ4v) is 8.94. The van der Waals surface area contributed by atoms with Crippen LogP contribution in [0.1, 0.15) is 329 Å². The van der Waals surface area contributed by atoms with E-state index in [2.05, 4.69) is 57.2 Å². The summed E-state index contributed by atoms with van der Waals surface area (Å²) >= 11 is 0. The molecule has 1 atom stereocenters. The van der Waals surface area contributed by atoms with E-state index in [9.17, 15) is 14.4 Å². The summed E-state index contributed by atoms with van der Waals surface area (Å²) in [4.78, 5) is 38.2. The summed E-state index contributed by atoms with van der Waals surface area (Å²) < 4.78 is 16.9. The number of hydrogen-bond donors (Lipinski definition) is 0. The van der Waals surface area contributed by atoms with Gasteiger partial charge in [-0.25, -0.2) is 0 Å². The summed E-state index contributed by atoms with van der Waals surface area (Å²) in [5, 5.41) is 0. The lowest BCUT2D eigenvalue weighted by molar-refractivity contribution is -0.167. The van der Waals surface area contributed by atoms with Crippen molar-refractivity contribution in [2.75, 3.05) is 13.2 Å². The molecule has 0 aliphatic carbocycles. The quantitative estimate of drug-likeness (QED) is 0.0261. The van der Waals surface area contributed by atoms with Crippen molar-refractivity contribution in [1.82, 2.24) is 0 Å². The molecule has 0 rings (SSSR count). The molecule has 0 heterocycles. The van der Waals surface area contributed by atoms with Gasteiger partial charge < -0.3 is 14.2 Å². The maximum Gasteiger partial charge on any atom is 0.306 e. The van der Waals surface area contributed by atoms with Crippen molar-refractivity contribution in [3.8, 4) is 0 Å². The first-order valence-electron chi connectivity index (χ1n) is 30.5. The molecule has 0 fully saturated rings. The summed E-state index contributed by atoms with van der Waals surface area (Å²) in [6.45, 7) is 6.63. The van der Waals surface area contributed by atoms with Crippen molar-refractivity contribution in [1.29, 1.82) is 0 Å². The maximum atomic E-state index is 12.8. The van der Waals surface area contributed by atoms with Crippen LogP contribution in [0.15, 0.2) is 36.5 Å². The molecule has 0 saturated carbocycles. The largest absolute Gasteiger partial charge is 0.462 e. The third-order valence-electron chi connectivity index (χ3n) is 13.6. The van der Waals surface area contributed by atoms with Gasteiger partial charge in [0.1, 0.15) is 13.2 Å². The minimum absolute atomic E-state index is 0.0739. The SMILES string of the molecule is CCCC/C=C\CCCCCCCC(=O)O[C@@H](COC(=O)CCCCCCCCCCC/C=C\CCCCCCCC)COC(=O)CCCCCCCCCCCCC/C=C\CCCCCCCC. The molecule has 0 aliphatic rings. The number of ether oxygens (including phenoxy) is 3. The van der Waals surface area contributed by atoms with Crippen molar-refractivity contribution in [2.45, 2.75) is 335 Å². The minimum Gasteiger partial charge on any atom is -0.462 e. The first-order chi connectivity index (χ1) is 34.0. The molecular weight excluding hydrogens is 853 g/mol. The average molecular weight is 970 g/mol. The zero-order valence-corrected chi connectivity index (χ0v) is 46.3. The highest BCUT2D eigenvalue weighted by Crippen LogP contribution is 2.16. The topological polar surface area (TPSA) is 78.9 Å². The van der Waals surface area contributed by atoms with Crippen LogP contribution in [-0.2, 0) is 28.6 Å². The molecule has 0 aliphatic heterocycles. The van der Waals surface area contributed by atoms with Gasteiger partial charge in [-0.15, -0.1) is 0 Å². The Morgan fingerprint density at radius 2 is 0.493 bits per heavy atom. The van der Waals surface area contributed by atoms with Gasteiger partial charge in [-0.05, 0) is 89.9 Å². The van der Waals surface area contributed by atoms with Gasteiger partial charge in [-0.3, -0.25) is 14.4 Å². The maximum absolute atomic E-state index is 12.8. The molecular formula is C63H116O6. The lowest BCUT2D eigenvalue weighted by atomic mass is 10.0. The standard InChI is InChI=1S/C63H116O6/c1-4-7-10-13-16-19-22-24-26-28-30-31-33-35-37-39-42-44-47-50-53-56-62(65)68-59-60(69-63(66)57-54-51-48-45-40-21-18-15-12-9-6-3)58-67-61(64)55-52-49-46-43-41-38-36-34-32-29-27-25-23-20-17-14-11-8-5-2/h15,18,24-27,60H,4-14,16-17,19-23,28-59H2,1-3H3/b18-15-,26-24-,27-25-/t60-/m0/s1. The molecule has 0 spiro atoms. The van der Waals surface area contributed by atoms with Gasteiger partial charge in [0.2, 0.25) is 0 Å². The van der Waals surface area contributed by atoms with E-state index in [1.807, 2.05) is 0 Å². The summed E-state index contributed by atoms with van der Waals surface area (Å²) in [6.07, 6.45) is 70.0. The van der Waals surface area contributed by atoms with E-state index in [1.54, 1.807) is 0 Å². The van der Waals surface area contributed by atoms with Crippen LogP contribution >= 0.6 is 0 Å². The van der Waals surface area contributed by atoms with Crippen LogP contribution in [0.5, 0.6) is 0 Å². The van der Waals surface area contributed by atoms with Crippen LogP contribution in [0.4, 0.5) is 0 Å². The van der Waals surface area contributed by atoms with Crippen molar-refractivity contribution >= 4 is 17.9 Å². The van der Waals surface area contributed by atoms with Crippen molar-refractivity contribution < 1.29 is 28.6 Å². The van der Waals surface area contributed by atoms with E-state index < -0.39 is 6.10 Å². The normalized spacial score (nSPS) is 12.2. The van der Waals surface area contributed by atoms with Gasteiger partial charge in [0.25, 0.3) is 0 Å². The smallest absolute Gasteiger partial charge is 0.306 e. The van der Waals surface area contributed by atoms with Gasteiger partial charge in [0.05, 0.1) is 0 Å². The number of hydrogen-bond acceptors (Lipinski definition) is 6. The van der Waals surface area contributed by atoms with Gasteiger partial charge in [0.15, 0.2) is 6.10 Å². The second kappa shape index (κ2) is 58.2. The molecule has 0 aromatic rings. The Balaban J connectivity index is 4.24. The summed E-state index contributed by atoms with van der Waals surface area (Å²) in [7, 11) is 0. The Kier molecular flexibility index (Phi) is 56.2. The molecule has 0 radical (unpaired) electrons. The van der Waals surface area contributed by atoms with E-state index in [4.69, 9.17) is 14.2 Å². The Morgan fingerprint density at radius 3 is 0.768 bits per heavy atom. The highest BCUT2D eigenvalue weighted by Gasteiger charge is 2.19.